The fourth-order valence-corrected chi connectivity index (χ4v) is 2.79. The van der Waals surface area contributed by atoms with E-state index in [1.807, 2.05) is 48.5 Å². The minimum absolute atomic E-state index is 0.286. The highest BCUT2D eigenvalue weighted by Crippen LogP contribution is 2.34. The molecule has 1 aliphatic rings. The normalized spacial score (nSPS) is 12.9. The van der Waals surface area contributed by atoms with E-state index in [1.165, 1.54) is 0 Å². The molecule has 2 aromatic carbocycles. The van der Waals surface area contributed by atoms with Crippen LogP contribution >= 0.6 is 0 Å². The van der Waals surface area contributed by atoms with Gasteiger partial charge >= 0.3 is 0 Å². The number of rotatable bonds is 3. The average molecular weight is 319 g/mol. The molecule has 0 fully saturated rings. The second-order valence-electron chi connectivity index (χ2n) is 5.37. The van der Waals surface area contributed by atoms with Crippen LogP contribution in [0.1, 0.15) is 10.4 Å². The molecule has 0 bridgehead atoms. The fourth-order valence-electron chi connectivity index (χ4n) is 2.79. The predicted molar refractivity (Wildman–Crippen MR) is 91.0 cm³/mol. The number of carbonyl (C=O) groups excluding carboxylic acids is 2. The van der Waals surface area contributed by atoms with Gasteiger partial charge in [-0.3, -0.25) is 9.59 Å². The summed E-state index contributed by atoms with van der Waals surface area (Å²) >= 11 is 0. The number of pyridine rings is 1. The zero-order chi connectivity index (χ0) is 16.7. The lowest BCUT2D eigenvalue weighted by atomic mass is 10.0. The molecule has 0 unspecified atom stereocenters. The Morgan fingerprint density at radius 1 is 1.04 bits per heavy atom. The van der Waals surface area contributed by atoms with E-state index in [1.54, 1.807) is 7.11 Å². The molecule has 118 valence electrons. The molecular formula is C18H13N3O3. The van der Waals surface area contributed by atoms with Crippen molar-refractivity contribution in [1.29, 1.82) is 0 Å². The molecule has 6 nitrogen and oxygen atoms in total. The Hall–Kier alpha value is -3.41. The second kappa shape index (κ2) is 5.34. The summed E-state index contributed by atoms with van der Waals surface area (Å²) in [6, 6.07) is 14.8. The second-order valence-corrected chi connectivity index (χ2v) is 5.37. The van der Waals surface area contributed by atoms with Crippen LogP contribution in [0.4, 0.5) is 17.3 Å². The average Bonchev–Trinajstić information content (AvgIpc) is 2.89. The summed E-state index contributed by atoms with van der Waals surface area (Å²) in [7, 11) is 1.60. The van der Waals surface area contributed by atoms with E-state index in [0.29, 0.717) is 22.5 Å². The van der Waals surface area contributed by atoms with Gasteiger partial charge in [0.2, 0.25) is 0 Å². The summed E-state index contributed by atoms with van der Waals surface area (Å²) in [5, 5.41) is 7.21. The SMILES string of the molecule is COc1cccc(Nc2nc3c(c4ccccc24)C(=O)C(=O)N3)c1. The van der Waals surface area contributed by atoms with Crippen LogP contribution in [0.5, 0.6) is 5.75 Å². The van der Waals surface area contributed by atoms with E-state index in [2.05, 4.69) is 15.6 Å². The van der Waals surface area contributed by atoms with Crippen molar-refractivity contribution in [2.24, 2.45) is 0 Å². The number of fused-ring (bicyclic) bond motifs is 3. The van der Waals surface area contributed by atoms with Gasteiger partial charge in [-0.15, -0.1) is 0 Å². The maximum absolute atomic E-state index is 12.1. The lowest BCUT2D eigenvalue weighted by Crippen LogP contribution is -2.12. The first-order valence-electron chi connectivity index (χ1n) is 7.37. The number of hydrogen-bond donors (Lipinski definition) is 2. The minimum Gasteiger partial charge on any atom is -0.497 e. The summed E-state index contributed by atoms with van der Waals surface area (Å²) in [4.78, 5) is 28.2. The van der Waals surface area contributed by atoms with Crippen LogP contribution in [0.2, 0.25) is 0 Å². The number of benzene rings is 2. The number of hydrogen-bond acceptors (Lipinski definition) is 5. The highest BCUT2D eigenvalue weighted by molar-refractivity contribution is 6.53. The number of amides is 1. The number of ketones is 1. The van der Waals surface area contributed by atoms with E-state index in [-0.39, 0.29) is 5.82 Å². The van der Waals surface area contributed by atoms with Crippen molar-refractivity contribution in [2.45, 2.75) is 0 Å². The predicted octanol–water partition coefficient (Wildman–Crippen LogP) is 3.12. The van der Waals surface area contributed by atoms with Gasteiger partial charge in [0, 0.05) is 22.5 Å². The Bertz CT molecular complexity index is 998. The van der Waals surface area contributed by atoms with Gasteiger partial charge in [-0.05, 0) is 12.1 Å². The Morgan fingerprint density at radius 3 is 2.62 bits per heavy atom. The van der Waals surface area contributed by atoms with Crippen LogP contribution in [-0.4, -0.2) is 23.8 Å². The van der Waals surface area contributed by atoms with Crippen molar-refractivity contribution < 1.29 is 14.3 Å². The van der Waals surface area contributed by atoms with Crippen LogP contribution in [0.25, 0.3) is 10.8 Å². The molecule has 24 heavy (non-hydrogen) atoms. The van der Waals surface area contributed by atoms with E-state index in [4.69, 9.17) is 4.74 Å². The molecule has 0 saturated heterocycles. The number of carbonyl (C=O) groups is 2. The van der Waals surface area contributed by atoms with Crippen molar-refractivity contribution >= 4 is 39.8 Å². The van der Waals surface area contributed by atoms with Crippen molar-refractivity contribution in [2.75, 3.05) is 17.7 Å². The van der Waals surface area contributed by atoms with E-state index >= 15 is 0 Å². The number of aromatic nitrogens is 1. The van der Waals surface area contributed by atoms with Gasteiger partial charge in [-0.1, -0.05) is 30.3 Å². The minimum atomic E-state index is -0.652. The topological polar surface area (TPSA) is 80.3 Å². The molecule has 1 aliphatic heterocycles. The first-order valence-corrected chi connectivity index (χ1v) is 7.37. The highest BCUT2D eigenvalue weighted by Gasteiger charge is 2.32. The van der Waals surface area contributed by atoms with Gasteiger partial charge in [-0.2, -0.15) is 0 Å². The van der Waals surface area contributed by atoms with Gasteiger partial charge in [0.15, 0.2) is 0 Å². The molecule has 6 heteroatoms. The number of methoxy groups -OCH3 is 1. The first-order chi connectivity index (χ1) is 11.7. The van der Waals surface area contributed by atoms with Gasteiger partial charge in [0.1, 0.15) is 17.4 Å². The third kappa shape index (κ3) is 2.16. The van der Waals surface area contributed by atoms with E-state index in [9.17, 15) is 9.59 Å². The Kier molecular flexibility index (Phi) is 3.16. The number of Topliss-reactive ketones (excluding diaryl/α,β-unsaturated/α-hetero) is 1. The Labute approximate surface area is 137 Å². The van der Waals surface area contributed by atoms with Crippen LogP contribution in [0.3, 0.4) is 0 Å². The maximum Gasteiger partial charge on any atom is 0.298 e. The van der Waals surface area contributed by atoms with Crippen LogP contribution < -0.4 is 15.4 Å². The number of ether oxygens (including phenoxy) is 1. The zero-order valence-corrected chi connectivity index (χ0v) is 12.8. The lowest BCUT2D eigenvalue weighted by Gasteiger charge is -2.12. The van der Waals surface area contributed by atoms with E-state index in [0.717, 1.165) is 11.1 Å². The summed E-state index contributed by atoms with van der Waals surface area (Å²) in [6.07, 6.45) is 0. The zero-order valence-electron chi connectivity index (χ0n) is 12.8. The largest absolute Gasteiger partial charge is 0.497 e. The molecule has 3 aromatic rings. The number of nitrogens with one attached hydrogen (secondary N) is 2. The number of anilines is 3. The molecule has 2 heterocycles. The summed E-state index contributed by atoms with van der Waals surface area (Å²) in [5.41, 5.74) is 1.12. The smallest absolute Gasteiger partial charge is 0.298 e. The van der Waals surface area contributed by atoms with Crippen molar-refractivity contribution in [1.82, 2.24) is 4.98 Å². The molecular weight excluding hydrogens is 306 g/mol. The number of nitrogens with zero attached hydrogens (tertiary/aromatic N) is 1. The van der Waals surface area contributed by atoms with Crippen molar-refractivity contribution in [3.63, 3.8) is 0 Å². The molecule has 4 rings (SSSR count). The monoisotopic (exact) mass is 319 g/mol. The Balaban J connectivity index is 1.88. The van der Waals surface area contributed by atoms with Crippen LogP contribution in [-0.2, 0) is 4.79 Å². The molecule has 0 radical (unpaired) electrons. The lowest BCUT2D eigenvalue weighted by molar-refractivity contribution is -0.112. The first kappa shape index (κ1) is 14.2. The molecule has 2 N–H and O–H groups in total. The standard InChI is InChI=1S/C18H13N3O3/c1-24-11-6-4-5-10(9-11)19-16-13-8-3-2-7-12(13)14-15(22)18(23)21-17(14)20-16/h2-9H,1H3,(H2,19,20,21,22,23). The molecule has 0 aliphatic carbocycles. The van der Waals surface area contributed by atoms with Gasteiger partial charge in [0.05, 0.1) is 12.7 Å². The molecule has 1 amide bonds. The van der Waals surface area contributed by atoms with Crippen LogP contribution in [0, 0.1) is 0 Å². The molecule has 0 spiro atoms. The van der Waals surface area contributed by atoms with Crippen LogP contribution in [0.15, 0.2) is 48.5 Å². The van der Waals surface area contributed by atoms with Crippen molar-refractivity contribution in [3.8, 4) is 5.75 Å². The summed E-state index contributed by atoms with van der Waals surface area (Å²) in [5.74, 6) is 0.360. The third-order valence-electron chi connectivity index (χ3n) is 3.91. The van der Waals surface area contributed by atoms with Gasteiger partial charge < -0.3 is 15.4 Å². The molecule has 1 aromatic heterocycles. The van der Waals surface area contributed by atoms with E-state index < -0.39 is 11.7 Å². The van der Waals surface area contributed by atoms with Gasteiger partial charge in [-0.25, -0.2) is 4.98 Å². The fraction of sp³-hybridized carbons (Fsp3) is 0.0556. The maximum atomic E-state index is 12.1. The summed E-state index contributed by atoms with van der Waals surface area (Å²) < 4.78 is 5.22. The third-order valence-corrected chi connectivity index (χ3v) is 3.91. The molecule has 0 atom stereocenters. The highest BCUT2D eigenvalue weighted by atomic mass is 16.5. The quantitative estimate of drug-likeness (QED) is 0.725. The van der Waals surface area contributed by atoms with Gasteiger partial charge in [0.25, 0.3) is 11.7 Å². The van der Waals surface area contributed by atoms with Crippen molar-refractivity contribution in [3.05, 3.63) is 54.1 Å². The molecule has 0 saturated carbocycles. The summed E-state index contributed by atoms with van der Waals surface area (Å²) in [6.45, 7) is 0. The Morgan fingerprint density at radius 2 is 1.83 bits per heavy atom.